The molecule has 1 fully saturated rings. The Morgan fingerprint density at radius 1 is 0.978 bits per heavy atom. The lowest BCUT2D eigenvalue weighted by molar-refractivity contribution is -0.132. The molecule has 226 valence electrons. The van der Waals surface area contributed by atoms with E-state index in [-0.39, 0.29) is 16.5 Å². The summed E-state index contributed by atoms with van der Waals surface area (Å²) < 4.78 is 20.4. The molecule has 1 atom stereocenters. The van der Waals surface area contributed by atoms with Gasteiger partial charge in [-0.05, 0) is 72.1 Å². The number of aliphatic hydroxyl groups is 1. The fourth-order valence-corrected chi connectivity index (χ4v) is 6.86. The SMILES string of the molecule is Cc1cccc(COc2ccc(/C(O)=C3\C(=O)C(=O)N(c4nnc(SCc5ccc(Cl)cc5)s4)C3c3ccc(F)cc3)cc2)c1. The van der Waals surface area contributed by atoms with Gasteiger partial charge in [0.2, 0.25) is 5.13 Å². The summed E-state index contributed by atoms with van der Waals surface area (Å²) in [6.45, 7) is 2.38. The number of Topliss-reactive ketones (excluding diaryl/α,β-unsaturated/α-hetero) is 1. The van der Waals surface area contributed by atoms with Gasteiger partial charge in [-0.2, -0.15) is 0 Å². The number of halogens is 2. The van der Waals surface area contributed by atoms with Crippen molar-refractivity contribution < 1.29 is 23.8 Å². The average Bonchev–Trinajstić information content (AvgIpc) is 3.62. The van der Waals surface area contributed by atoms with Crippen LogP contribution in [0.2, 0.25) is 5.02 Å². The zero-order valence-electron chi connectivity index (χ0n) is 23.8. The number of ketones is 1. The Morgan fingerprint density at radius 3 is 2.42 bits per heavy atom. The number of aromatic nitrogens is 2. The Hall–Kier alpha value is -4.51. The van der Waals surface area contributed by atoms with Crippen LogP contribution in [0.3, 0.4) is 0 Å². The van der Waals surface area contributed by atoms with Crippen LogP contribution in [-0.2, 0) is 21.9 Å². The van der Waals surface area contributed by atoms with Crippen LogP contribution in [0.1, 0.15) is 33.9 Å². The third-order valence-corrected chi connectivity index (χ3v) is 9.50. The van der Waals surface area contributed by atoms with E-state index >= 15 is 0 Å². The third kappa shape index (κ3) is 6.78. The number of benzene rings is 4. The molecule has 0 spiro atoms. The molecule has 1 amide bonds. The summed E-state index contributed by atoms with van der Waals surface area (Å²) in [4.78, 5) is 28.2. The van der Waals surface area contributed by atoms with Gasteiger partial charge in [0.05, 0.1) is 11.6 Å². The van der Waals surface area contributed by atoms with Gasteiger partial charge in [-0.3, -0.25) is 14.5 Å². The second kappa shape index (κ2) is 13.2. The third-order valence-electron chi connectivity index (χ3n) is 7.12. The monoisotopic (exact) mass is 657 g/mol. The zero-order valence-corrected chi connectivity index (χ0v) is 26.2. The molecule has 1 saturated heterocycles. The number of thioether (sulfide) groups is 1. The normalized spacial score (nSPS) is 15.9. The summed E-state index contributed by atoms with van der Waals surface area (Å²) in [5, 5.41) is 20.7. The average molecular weight is 658 g/mol. The maximum Gasteiger partial charge on any atom is 0.301 e. The Balaban J connectivity index is 1.29. The van der Waals surface area contributed by atoms with Crippen LogP contribution in [-0.4, -0.2) is 27.0 Å². The smallest absolute Gasteiger partial charge is 0.301 e. The quantitative estimate of drug-likeness (QED) is 0.0562. The van der Waals surface area contributed by atoms with Crippen molar-refractivity contribution in [1.29, 1.82) is 0 Å². The maximum absolute atomic E-state index is 13.9. The molecule has 1 unspecified atom stereocenters. The summed E-state index contributed by atoms with van der Waals surface area (Å²) in [6.07, 6.45) is 0. The molecule has 1 N–H and O–H groups in total. The van der Waals surface area contributed by atoms with Crippen molar-refractivity contribution >= 4 is 57.3 Å². The lowest BCUT2D eigenvalue weighted by Gasteiger charge is -2.22. The van der Waals surface area contributed by atoms with Gasteiger partial charge >= 0.3 is 5.91 Å². The molecule has 2 heterocycles. The highest BCUT2D eigenvalue weighted by Gasteiger charge is 2.48. The maximum atomic E-state index is 13.9. The van der Waals surface area contributed by atoms with Crippen LogP contribution in [0.25, 0.3) is 5.76 Å². The van der Waals surface area contributed by atoms with Crippen molar-refractivity contribution in [3.63, 3.8) is 0 Å². The van der Waals surface area contributed by atoms with E-state index in [4.69, 9.17) is 16.3 Å². The van der Waals surface area contributed by atoms with E-state index in [1.807, 2.05) is 43.3 Å². The largest absolute Gasteiger partial charge is 0.507 e. The molecular weight excluding hydrogens is 633 g/mol. The molecule has 7 nitrogen and oxygen atoms in total. The van der Waals surface area contributed by atoms with E-state index in [1.165, 1.54) is 40.9 Å². The molecule has 0 saturated carbocycles. The fourth-order valence-electron chi connectivity index (χ4n) is 4.91. The summed E-state index contributed by atoms with van der Waals surface area (Å²) in [7, 11) is 0. The Labute approximate surface area is 272 Å². The van der Waals surface area contributed by atoms with Crippen molar-refractivity contribution in [1.82, 2.24) is 10.2 Å². The van der Waals surface area contributed by atoms with Crippen LogP contribution in [0.5, 0.6) is 5.75 Å². The lowest BCUT2D eigenvalue weighted by Crippen LogP contribution is -2.29. The van der Waals surface area contributed by atoms with Crippen LogP contribution in [0.15, 0.2) is 107 Å². The molecule has 1 aromatic heterocycles. The lowest BCUT2D eigenvalue weighted by atomic mass is 9.95. The van der Waals surface area contributed by atoms with Crippen LogP contribution < -0.4 is 9.64 Å². The molecule has 1 aliphatic heterocycles. The molecule has 0 radical (unpaired) electrons. The number of aryl methyl sites for hydroxylation is 1. The van der Waals surface area contributed by atoms with Gasteiger partial charge in [0.1, 0.15) is 23.9 Å². The topological polar surface area (TPSA) is 92.6 Å². The van der Waals surface area contributed by atoms with Crippen LogP contribution in [0.4, 0.5) is 9.52 Å². The van der Waals surface area contributed by atoms with Gasteiger partial charge in [-0.15, -0.1) is 10.2 Å². The van der Waals surface area contributed by atoms with E-state index in [0.29, 0.717) is 38.6 Å². The van der Waals surface area contributed by atoms with Gasteiger partial charge in [0, 0.05) is 16.3 Å². The number of nitrogens with zero attached hydrogens (tertiary/aromatic N) is 3. The van der Waals surface area contributed by atoms with Crippen molar-refractivity contribution in [2.75, 3.05) is 4.90 Å². The number of aliphatic hydroxyl groups excluding tert-OH is 1. The number of hydrogen-bond donors (Lipinski definition) is 1. The van der Waals surface area contributed by atoms with Gasteiger partial charge in [0.15, 0.2) is 4.34 Å². The minimum absolute atomic E-state index is 0.134. The molecule has 5 aromatic rings. The van der Waals surface area contributed by atoms with Crippen LogP contribution >= 0.6 is 34.7 Å². The summed E-state index contributed by atoms with van der Waals surface area (Å²) >= 11 is 8.55. The minimum atomic E-state index is -1.05. The van der Waals surface area contributed by atoms with E-state index in [0.717, 1.165) is 28.0 Å². The number of hydrogen-bond acceptors (Lipinski definition) is 8. The molecule has 45 heavy (non-hydrogen) atoms. The van der Waals surface area contributed by atoms with Crippen LogP contribution in [0, 0.1) is 12.7 Å². The summed E-state index contributed by atoms with van der Waals surface area (Å²) in [5.41, 5.74) is 3.79. The van der Waals surface area contributed by atoms with E-state index in [2.05, 4.69) is 10.2 Å². The molecule has 0 bridgehead atoms. The highest BCUT2D eigenvalue weighted by atomic mass is 35.5. The first-order chi connectivity index (χ1) is 21.8. The molecule has 0 aliphatic carbocycles. The Morgan fingerprint density at radius 2 is 1.71 bits per heavy atom. The van der Waals surface area contributed by atoms with Gasteiger partial charge in [-0.1, -0.05) is 88.8 Å². The minimum Gasteiger partial charge on any atom is -0.507 e. The summed E-state index contributed by atoms with van der Waals surface area (Å²) in [5.74, 6) is -1.43. The van der Waals surface area contributed by atoms with Gasteiger partial charge in [-0.25, -0.2) is 4.39 Å². The highest BCUT2D eigenvalue weighted by molar-refractivity contribution is 8.00. The van der Waals surface area contributed by atoms with Gasteiger partial charge in [0.25, 0.3) is 5.78 Å². The number of carbonyl (C=O) groups excluding carboxylic acids is 2. The fraction of sp³-hybridized carbons (Fsp3) is 0.118. The molecule has 11 heteroatoms. The summed E-state index contributed by atoms with van der Waals surface area (Å²) in [6, 6.07) is 26.4. The first-order valence-corrected chi connectivity index (χ1v) is 16.0. The molecular formula is C34H25ClFN3O4S2. The van der Waals surface area contributed by atoms with E-state index < -0.39 is 23.5 Å². The van der Waals surface area contributed by atoms with Crippen molar-refractivity contribution in [3.05, 3.63) is 141 Å². The second-order valence-corrected chi connectivity index (χ2v) is 12.9. The van der Waals surface area contributed by atoms with E-state index in [1.54, 1.807) is 36.4 Å². The highest BCUT2D eigenvalue weighted by Crippen LogP contribution is 2.44. The number of carbonyl (C=O) groups is 2. The number of amides is 1. The molecule has 1 aliphatic rings. The number of anilines is 1. The van der Waals surface area contributed by atoms with Gasteiger partial charge < -0.3 is 9.84 Å². The zero-order chi connectivity index (χ0) is 31.5. The second-order valence-electron chi connectivity index (χ2n) is 10.3. The first-order valence-electron chi connectivity index (χ1n) is 13.8. The molecule has 6 rings (SSSR count). The van der Waals surface area contributed by atoms with E-state index in [9.17, 15) is 19.1 Å². The number of ether oxygens (including phenoxy) is 1. The Kier molecular flexibility index (Phi) is 8.97. The Bertz CT molecular complexity index is 1890. The number of rotatable bonds is 9. The van der Waals surface area contributed by atoms with Crippen molar-refractivity contribution in [3.8, 4) is 5.75 Å². The first kappa shape index (κ1) is 30.5. The predicted molar refractivity (Wildman–Crippen MR) is 174 cm³/mol. The standard InChI is InChI=1S/C34H25ClFN3O4S2/c1-20-3-2-4-22(17-20)18-43-27-15-9-24(10-16-27)30(40)28-29(23-7-13-26(36)14-8-23)39(32(42)31(28)41)33-37-38-34(45-33)44-19-21-5-11-25(35)12-6-21/h2-17,29,40H,18-19H2,1H3/b30-28+. The van der Waals surface area contributed by atoms with Crippen molar-refractivity contribution in [2.24, 2.45) is 0 Å². The predicted octanol–water partition coefficient (Wildman–Crippen LogP) is 8.14. The molecule has 4 aromatic carbocycles. The van der Waals surface area contributed by atoms with Crippen molar-refractivity contribution in [2.45, 2.75) is 29.7 Å².